The van der Waals surface area contributed by atoms with Gasteiger partial charge >= 0.3 is 0 Å². The monoisotopic (exact) mass is 555 g/mol. The van der Waals surface area contributed by atoms with Gasteiger partial charge in [0.05, 0.1) is 0 Å². The van der Waals surface area contributed by atoms with E-state index in [2.05, 4.69) is 32.3 Å². The van der Waals surface area contributed by atoms with Crippen molar-refractivity contribution in [2.75, 3.05) is 59.4 Å². The summed E-state index contributed by atoms with van der Waals surface area (Å²) in [4.78, 5) is 9.41. The van der Waals surface area contributed by atoms with E-state index in [4.69, 9.17) is 23.2 Å². The van der Waals surface area contributed by atoms with Crippen LogP contribution >= 0.6 is 47.2 Å². The highest BCUT2D eigenvalue weighted by Crippen LogP contribution is 2.21. The maximum Gasteiger partial charge on any atom is 0.190 e. The van der Waals surface area contributed by atoms with Crippen molar-refractivity contribution in [3.63, 3.8) is 0 Å². The van der Waals surface area contributed by atoms with Gasteiger partial charge in [-0.05, 0) is 56.5 Å². The third kappa shape index (κ3) is 10.5. The molecule has 0 bridgehead atoms. The predicted molar refractivity (Wildman–Crippen MR) is 137 cm³/mol. The molecule has 0 aromatic heterocycles. The molecule has 1 aromatic carbocycles. The molecule has 0 spiro atoms. The zero-order chi connectivity index (χ0) is 20.2. The fourth-order valence-electron chi connectivity index (χ4n) is 3.43. The SMILES string of the molecule is CCN1CCN(CCCCNC(=NC)NCCCc2ccc(Cl)cc2Cl)CC1.I. The maximum absolute atomic E-state index is 6.22. The average Bonchev–Trinajstić information content (AvgIpc) is 2.71. The first kappa shape index (κ1) is 26.8. The van der Waals surface area contributed by atoms with Gasteiger partial charge < -0.3 is 20.4 Å². The highest BCUT2D eigenvalue weighted by atomic mass is 127. The van der Waals surface area contributed by atoms with Crippen LogP contribution in [0.2, 0.25) is 10.0 Å². The van der Waals surface area contributed by atoms with E-state index in [9.17, 15) is 0 Å². The number of hydrogen-bond acceptors (Lipinski definition) is 3. The first-order valence-corrected chi connectivity index (χ1v) is 11.2. The van der Waals surface area contributed by atoms with Gasteiger partial charge in [-0.1, -0.05) is 36.2 Å². The van der Waals surface area contributed by atoms with Gasteiger partial charge in [-0.25, -0.2) is 0 Å². The van der Waals surface area contributed by atoms with Crippen molar-refractivity contribution in [2.45, 2.75) is 32.6 Å². The van der Waals surface area contributed by atoms with Gasteiger partial charge in [-0.15, -0.1) is 24.0 Å². The van der Waals surface area contributed by atoms with Gasteiger partial charge in [0, 0.05) is 56.4 Å². The Labute approximate surface area is 203 Å². The van der Waals surface area contributed by atoms with Crippen LogP contribution in [-0.2, 0) is 6.42 Å². The number of rotatable bonds is 10. The highest BCUT2D eigenvalue weighted by Gasteiger charge is 2.14. The summed E-state index contributed by atoms with van der Waals surface area (Å²) >= 11 is 12.2. The molecule has 1 fully saturated rings. The Balaban J connectivity index is 0.00000420. The summed E-state index contributed by atoms with van der Waals surface area (Å²) in [5.41, 5.74) is 1.13. The Morgan fingerprint density at radius 1 is 1.00 bits per heavy atom. The van der Waals surface area contributed by atoms with Crippen LogP contribution in [-0.4, -0.2) is 75.2 Å². The molecule has 1 aliphatic rings. The molecule has 29 heavy (non-hydrogen) atoms. The smallest absolute Gasteiger partial charge is 0.190 e. The molecule has 1 heterocycles. The molecule has 0 unspecified atom stereocenters. The first-order valence-electron chi connectivity index (χ1n) is 10.5. The van der Waals surface area contributed by atoms with E-state index in [1.54, 1.807) is 6.07 Å². The second-order valence-corrected chi connectivity index (χ2v) is 8.09. The zero-order valence-electron chi connectivity index (χ0n) is 17.7. The van der Waals surface area contributed by atoms with Crippen LogP contribution in [0.25, 0.3) is 0 Å². The van der Waals surface area contributed by atoms with Crippen molar-refractivity contribution in [1.29, 1.82) is 0 Å². The molecule has 0 radical (unpaired) electrons. The minimum Gasteiger partial charge on any atom is -0.356 e. The van der Waals surface area contributed by atoms with E-state index >= 15 is 0 Å². The van der Waals surface area contributed by atoms with Crippen molar-refractivity contribution >= 4 is 53.1 Å². The van der Waals surface area contributed by atoms with E-state index in [1.165, 1.54) is 45.7 Å². The van der Waals surface area contributed by atoms with E-state index in [0.717, 1.165) is 48.9 Å². The number of aliphatic imine (C=N–C) groups is 1. The summed E-state index contributed by atoms with van der Waals surface area (Å²) in [6.45, 7) is 11.3. The van der Waals surface area contributed by atoms with E-state index in [-0.39, 0.29) is 24.0 Å². The topological polar surface area (TPSA) is 42.9 Å². The van der Waals surface area contributed by atoms with Gasteiger partial charge in [0.25, 0.3) is 0 Å². The number of piperazine rings is 1. The Morgan fingerprint density at radius 2 is 1.66 bits per heavy atom. The van der Waals surface area contributed by atoms with Crippen LogP contribution in [0.4, 0.5) is 0 Å². The largest absolute Gasteiger partial charge is 0.356 e. The van der Waals surface area contributed by atoms with Crippen molar-refractivity contribution < 1.29 is 0 Å². The lowest BCUT2D eigenvalue weighted by Crippen LogP contribution is -2.46. The first-order chi connectivity index (χ1) is 13.6. The lowest BCUT2D eigenvalue weighted by molar-refractivity contribution is 0.136. The second-order valence-electron chi connectivity index (χ2n) is 7.25. The molecular weight excluding hydrogens is 520 g/mol. The number of halogens is 3. The fourth-order valence-corrected chi connectivity index (χ4v) is 3.93. The molecule has 2 N–H and O–H groups in total. The number of likely N-dealkylation sites (N-methyl/N-ethyl adjacent to an activating group) is 1. The van der Waals surface area contributed by atoms with Crippen LogP contribution in [0.5, 0.6) is 0 Å². The van der Waals surface area contributed by atoms with Crippen LogP contribution in [0.15, 0.2) is 23.2 Å². The Morgan fingerprint density at radius 3 is 2.28 bits per heavy atom. The molecule has 166 valence electrons. The molecule has 1 saturated heterocycles. The Kier molecular flexibility index (Phi) is 14.3. The van der Waals surface area contributed by atoms with Crippen molar-refractivity contribution in [3.8, 4) is 0 Å². The van der Waals surface area contributed by atoms with Gasteiger partial charge in [-0.3, -0.25) is 4.99 Å². The molecule has 1 aliphatic heterocycles. The van der Waals surface area contributed by atoms with Gasteiger partial charge in [0.1, 0.15) is 0 Å². The number of nitrogens with zero attached hydrogens (tertiary/aromatic N) is 3. The Hall–Kier alpha value is -0.280. The molecular formula is C21H36Cl2IN5. The summed E-state index contributed by atoms with van der Waals surface area (Å²) < 4.78 is 0. The van der Waals surface area contributed by atoms with Crippen molar-refractivity contribution in [3.05, 3.63) is 33.8 Å². The summed E-state index contributed by atoms with van der Waals surface area (Å²) in [5, 5.41) is 8.21. The number of hydrogen-bond donors (Lipinski definition) is 2. The predicted octanol–water partition coefficient (Wildman–Crippen LogP) is 4.13. The molecule has 0 amide bonds. The molecule has 1 aromatic rings. The third-order valence-corrected chi connectivity index (χ3v) is 5.85. The number of nitrogens with one attached hydrogen (secondary N) is 2. The van der Waals surface area contributed by atoms with E-state index in [0.29, 0.717) is 5.02 Å². The van der Waals surface area contributed by atoms with E-state index < -0.39 is 0 Å². The van der Waals surface area contributed by atoms with Crippen molar-refractivity contribution in [2.24, 2.45) is 4.99 Å². The summed E-state index contributed by atoms with van der Waals surface area (Å²) in [6.07, 6.45) is 4.30. The maximum atomic E-state index is 6.22. The van der Waals surface area contributed by atoms with Gasteiger partial charge in [-0.2, -0.15) is 0 Å². The molecule has 2 rings (SSSR count). The number of aryl methyl sites for hydroxylation is 1. The van der Waals surface area contributed by atoms with Gasteiger partial charge in [0.15, 0.2) is 5.96 Å². The third-order valence-electron chi connectivity index (χ3n) is 5.26. The Bertz CT molecular complexity index is 607. The quantitative estimate of drug-likeness (QED) is 0.197. The number of guanidine groups is 1. The minimum atomic E-state index is 0. The zero-order valence-corrected chi connectivity index (χ0v) is 21.6. The summed E-state index contributed by atoms with van der Waals surface area (Å²) in [7, 11) is 1.82. The molecule has 0 aliphatic carbocycles. The molecule has 0 atom stereocenters. The van der Waals surface area contributed by atoms with E-state index in [1.807, 2.05) is 19.2 Å². The minimum absolute atomic E-state index is 0. The molecule has 5 nitrogen and oxygen atoms in total. The van der Waals surface area contributed by atoms with Crippen LogP contribution in [0, 0.1) is 0 Å². The fraction of sp³-hybridized carbons (Fsp3) is 0.667. The van der Waals surface area contributed by atoms with Gasteiger partial charge in [0.2, 0.25) is 0 Å². The normalized spacial score (nSPS) is 15.8. The second kappa shape index (κ2) is 15.5. The average molecular weight is 556 g/mol. The molecule has 0 saturated carbocycles. The van der Waals surface area contributed by atoms with Crippen LogP contribution < -0.4 is 10.6 Å². The summed E-state index contributed by atoms with van der Waals surface area (Å²) in [6, 6.07) is 5.69. The lowest BCUT2D eigenvalue weighted by atomic mass is 10.1. The standard InChI is InChI=1S/C21H35Cl2N5.HI/c1-3-27-13-15-28(16-14-27)12-5-4-10-25-21(24-2)26-11-6-7-18-8-9-19(22)17-20(18)23;/h8-9,17H,3-7,10-16H2,1-2H3,(H2,24,25,26);1H. The number of unbranched alkanes of at least 4 members (excludes halogenated alkanes) is 1. The van der Waals surface area contributed by atoms with Crippen LogP contribution in [0.1, 0.15) is 31.7 Å². The number of benzene rings is 1. The van der Waals surface area contributed by atoms with Crippen molar-refractivity contribution in [1.82, 2.24) is 20.4 Å². The summed E-state index contributed by atoms with van der Waals surface area (Å²) in [5.74, 6) is 0.874. The lowest BCUT2D eigenvalue weighted by Gasteiger charge is -2.34. The molecule has 8 heteroatoms. The van der Waals surface area contributed by atoms with Crippen LogP contribution in [0.3, 0.4) is 0 Å². The highest BCUT2D eigenvalue weighted by molar-refractivity contribution is 14.0.